The zero-order valence-corrected chi connectivity index (χ0v) is 10.7. The third-order valence-corrected chi connectivity index (χ3v) is 2.99. The van der Waals surface area contributed by atoms with Crippen LogP contribution in [0.25, 0.3) is 0 Å². The fraction of sp³-hybridized carbons (Fsp3) is 0.462. The normalized spacial score (nSPS) is 15.1. The lowest BCUT2D eigenvalue weighted by atomic mass is 9.85. The molecule has 0 aromatic heterocycles. The van der Waals surface area contributed by atoms with Gasteiger partial charge in [0.25, 0.3) is 0 Å². The molecule has 1 aromatic carbocycles. The van der Waals surface area contributed by atoms with Gasteiger partial charge >= 0.3 is 6.18 Å². The number of hydrogen-bond acceptors (Lipinski definition) is 2. The monoisotopic (exact) mass is 275 g/mol. The van der Waals surface area contributed by atoms with E-state index < -0.39 is 29.7 Å². The molecule has 1 aromatic rings. The lowest BCUT2D eigenvalue weighted by molar-refractivity contribution is -0.137. The molecule has 0 radical (unpaired) electrons. The topological polar surface area (TPSA) is 63.3 Å². The van der Waals surface area contributed by atoms with Gasteiger partial charge in [-0.3, -0.25) is 4.79 Å². The highest BCUT2D eigenvalue weighted by Gasteiger charge is 2.35. The van der Waals surface area contributed by atoms with E-state index >= 15 is 0 Å². The fourth-order valence-corrected chi connectivity index (χ4v) is 1.93. The van der Waals surface area contributed by atoms with Gasteiger partial charge in [-0.25, -0.2) is 0 Å². The van der Waals surface area contributed by atoms with Crippen LogP contribution in [0.2, 0.25) is 0 Å². The predicted octanol–water partition coefficient (Wildman–Crippen LogP) is 2.49. The van der Waals surface area contributed by atoms with E-state index in [1.54, 1.807) is 6.92 Å². The summed E-state index contributed by atoms with van der Waals surface area (Å²) in [5.74, 6) is -0.764. The molecule has 3 nitrogen and oxygen atoms in total. The summed E-state index contributed by atoms with van der Waals surface area (Å²) in [6.07, 6.45) is -4.82. The molecule has 0 aliphatic rings. The van der Waals surface area contributed by atoms with Crippen molar-refractivity contribution in [1.82, 2.24) is 0 Å². The average Bonchev–Trinajstić information content (AvgIpc) is 2.26. The van der Waals surface area contributed by atoms with Crippen LogP contribution in [0.15, 0.2) is 18.2 Å². The summed E-state index contributed by atoms with van der Waals surface area (Å²) < 4.78 is 38.2. The van der Waals surface area contributed by atoms with Gasteiger partial charge in [0.2, 0.25) is 5.91 Å². The number of rotatable bonds is 4. The quantitative estimate of drug-likeness (QED) is 0.886. The molecule has 0 aliphatic heterocycles. The molecule has 0 saturated heterocycles. The second kappa shape index (κ2) is 5.21. The summed E-state index contributed by atoms with van der Waals surface area (Å²) in [6, 6.07) is 3.28. The van der Waals surface area contributed by atoms with Crippen molar-refractivity contribution in [2.24, 2.45) is 5.73 Å². The van der Waals surface area contributed by atoms with Crippen molar-refractivity contribution in [1.29, 1.82) is 0 Å². The third kappa shape index (κ3) is 3.70. The van der Waals surface area contributed by atoms with Crippen LogP contribution in [0.3, 0.4) is 0 Å². The second-order valence-electron chi connectivity index (χ2n) is 4.61. The molecular formula is C13H16F3NO2. The van der Waals surface area contributed by atoms with Gasteiger partial charge in [0, 0.05) is 0 Å². The highest BCUT2D eigenvalue weighted by atomic mass is 19.4. The summed E-state index contributed by atoms with van der Waals surface area (Å²) in [5.41, 5.74) is 2.93. The Morgan fingerprint density at radius 1 is 1.26 bits per heavy atom. The van der Waals surface area contributed by atoms with E-state index in [1.165, 1.54) is 13.0 Å². The minimum Gasteiger partial charge on any atom is -0.385 e. The zero-order valence-electron chi connectivity index (χ0n) is 10.7. The number of alkyl halides is 3. The van der Waals surface area contributed by atoms with Crippen LogP contribution in [0.1, 0.15) is 36.5 Å². The van der Waals surface area contributed by atoms with Crippen LogP contribution in [0, 0.1) is 6.92 Å². The largest absolute Gasteiger partial charge is 0.416 e. The number of nitrogens with two attached hydrogens (primary N) is 1. The lowest BCUT2D eigenvalue weighted by Crippen LogP contribution is -2.31. The second-order valence-corrected chi connectivity index (χ2v) is 4.61. The summed E-state index contributed by atoms with van der Waals surface area (Å²) in [6.45, 7) is 3.08. The molecule has 0 saturated carbocycles. The Kier molecular flexibility index (Phi) is 4.25. The number of aryl methyl sites for hydroxylation is 1. The Hall–Kier alpha value is -1.56. The molecule has 0 fully saturated rings. The van der Waals surface area contributed by atoms with Gasteiger partial charge in [-0.1, -0.05) is 18.6 Å². The molecule has 19 heavy (non-hydrogen) atoms. The van der Waals surface area contributed by atoms with Crippen LogP contribution in [-0.4, -0.2) is 11.0 Å². The van der Waals surface area contributed by atoms with Gasteiger partial charge in [-0.2, -0.15) is 13.2 Å². The molecule has 0 spiro atoms. The number of benzene rings is 1. The Balaban J connectivity index is 3.33. The van der Waals surface area contributed by atoms with E-state index in [-0.39, 0.29) is 12.0 Å². The number of amides is 1. The number of halogens is 3. The van der Waals surface area contributed by atoms with Gasteiger partial charge < -0.3 is 10.8 Å². The Labute approximate surface area is 109 Å². The van der Waals surface area contributed by atoms with E-state index in [4.69, 9.17) is 5.73 Å². The highest BCUT2D eigenvalue weighted by Crippen LogP contribution is 2.35. The molecule has 1 atom stereocenters. The van der Waals surface area contributed by atoms with Gasteiger partial charge in [0.1, 0.15) is 0 Å². The molecule has 0 bridgehead atoms. The third-order valence-electron chi connectivity index (χ3n) is 2.99. The van der Waals surface area contributed by atoms with Crippen molar-refractivity contribution in [2.45, 2.75) is 38.5 Å². The van der Waals surface area contributed by atoms with Crippen molar-refractivity contribution < 1.29 is 23.1 Å². The molecule has 3 N–H and O–H groups in total. The molecular weight excluding hydrogens is 259 g/mol. The first-order valence-corrected chi connectivity index (χ1v) is 5.78. The van der Waals surface area contributed by atoms with Crippen molar-refractivity contribution in [3.05, 3.63) is 34.9 Å². The SMILES string of the molecule is CCC(O)(CC(N)=O)c1cc(C)cc(C(F)(F)F)c1. The van der Waals surface area contributed by atoms with E-state index in [0.717, 1.165) is 12.1 Å². The zero-order chi connectivity index (χ0) is 14.8. The summed E-state index contributed by atoms with van der Waals surface area (Å²) in [5, 5.41) is 10.3. The summed E-state index contributed by atoms with van der Waals surface area (Å²) in [4.78, 5) is 11.0. The number of carbonyl (C=O) groups is 1. The number of carbonyl (C=O) groups excluding carboxylic acids is 1. The first-order chi connectivity index (χ1) is 8.58. The van der Waals surface area contributed by atoms with Crippen LogP contribution in [-0.2, 0) is 16.6 Å². The van der Waals surface area contributed by atoms with E-state index in [9.17, 15) is 23.1 Å². The summed E-state index contributed by atoms with van der Waals surface area (Å²) >= 11 is 0. The first-order valence-electron chi connectivity index (χ1n) is 5.78. The lowest BCUT2D eigenvalue weighted by Gasteiger charge is -2.27. The van der Waals surface area contributed by atoms with Crippen LogP contribution < -0.4 is 5.73 Å². The van der Waals surface area contributed by atoms with Gasteiger partial charge in [-0.15, -0.1) is 0 Å². The van der Waals surface area contributed by atoms with Gasteiger partial charge in [0.05, 0.1) is 17.6 Å². The maximum absolute atomic E-state index is 12.7. The Bertz CT molecular complexity index is 485. The smallest absolute Gasteiger partial charge is 0.385 e. The molecule has 1 unspecified atom stereocenters. The van der Waals surface area contributed by atoms with Crippen molar-refractivity contribution in [3.63, 3.8) is 0 Å². The Morgan fingerprint density at radius 2 is 1.79 bits per heavy atom. The van der Waals surface area contributed by atoms with Gasteiger partial charge in [0.15, 0.2) is 0 Å². The minimum absolute atomic E-state index is 0.0566. The fourth-order valence-electron chi connectivity index (χ4n) is 1.93. The maximum Gasteiger partial charge on any atom is 0.416 e. The molecule has 1 amide bonds. The van der Waals surface area contributed by atoms with Crippen LogP contribution in [0.4, 0.5) is 13.2 Å². The standard InChI is InChI=1S/C13H16F3NO2/c1-3-12(19,7-11(17)18)9-4-8(2)5-10(6-9)13(14,15)16/h4-6,19H,3,7H2,1-2H3,(H2,17,18). The number of aliphatic hydroxyl groups is 1. The van der Waals surface area contributed by atoms with Crippen molar-refractivity contribution >= 4 is 5.91 Å². The van der Waals surface area contributed by atoms with Gasteiger partial charge in [-0.05, 0) is 31.0 Å². The molecule has 106 valence electrons. The Morgan fingerprint density at radius 3 is 2.21 bits per heavy atom. The van der Waals surface area contributed by atoms with E-state index in [1.807, 2.05) is 0 Å². The van der Waals surface area contributed by atoms with Crippen molar-refractivity contribution in [3.8, 4) is 0 Å². The average molecular weight is 275 g/mol. The molecule has 6 heteroatoms. The number of hydrogen-bond donors (Lipinski definition) is 2. The minimum atomic E-state index is -4.50. The molecule has 0 aliphatic carbocycles. The van der Waals surface area contributed by atoms with E-state index in [2.05, 4.69) is 0 Å². The number of primary amides is 1. The molecule has 1 rings (SSSR count). The summed E-state index contributed by atoms with van der Waals surface area (Å²) in [7, 11) is 0. The van der Waals surface area contributed by atoms with Crippen LogP contribution >= 0.6 is 0 Å². The maximum atomic E-state index is 12.7. The van der Waals surface area contributed by atoms with Crippen LogP contribution in [0.5, 0.6) is 0 Å². The highest BCUT2D eigenvalue weighted by molar-refractivity contribution is 5.75. The predicted molar refractivity (Wildman–Crippen MR) is 64.2 cm³/mol. The van der Waals surface area contributed by atoms with E-state index in [0.29, 0.717) is 5.56 Å². The first kappa shape index (κ1) is 15.5. The van der Waals surface area contributed by atoms with Crippen molar-refractivity contribution in [2.75, 3.05) is 0 Å². The molecule has 0 heterocycles.